The molecule has 0 aliphatic heterocycles. The fourth-order valence-corrected chi connectivity index (χ4v) is 5.78. The second-order valence-corrected chi connectivity index (χ2v) is 12.1. The summed E-state index contributed by atoms with van der Waals surface area (Å²) < 4.78 is 27.6. The average Bonchev–Trinajstić information content (AvgIpc) is 3.77. The molecule has 1 saturated carbocycles. The first-order valence-corrected chi connectivity index (χ1v) is 15.2. The number of halogens is 1. The predicted molar refractivity (Wildman–Crippen MR) is 157 cm³/mol. The molecule has 9 heteroatoms. The van der Waals surface area contributed by atoms with E-state index in [1.54, 1.807) is 47.4 Å². The van der Waals surface area contributed by atoms with E-state index in [2.05, 4.69) is 16.6 Å². The number of aryl methyl sites for hydroxylation is 1. The summed E-state index contributed by atoms with van der Waals surface area (Å²) >= 11 is 6.08. The maximum atomic E-state index is 13.7. The van der Waals surface area contributed by atoms with Gasteiger partial charge in [0.25, 0.3) is 0 Å². The summed E-state index contributed by atoms with van der Waals surface area (Å²) in [5, 5.41) is 3.45. The van der Waals surface area contributed by atoms with Gasteiger partial charge in [-0.1, -0.05) is 72.3 Å². The first-order chi connectivity index (χ1) is 19.2. The van der Waals surface area contributed by atoms with Crippen LogP contribution in [0.4, 0.5) is 0 Å². The number of sulfonamides is 1. The molecule has 1 fully saturated rings. The van der Waals surface area contributed by atoms with Gasteiger partial charge in [-0.15, -0.1) is 6.58 Å². The molecule has 0 aromatic heterocycles. The second-order valence-electron chi connectivity index (χ2n) is 9.93. The molecule has 4 rings (SSSR count). The minimum atomic E-state index is -3.54. The van der Waals surface area contributed by atoms with Gasteiger partial charge in [-0.05, 0) is 60.2 Å². The highest BCUT2D eigenvalue weighted by Gasteiger charge is 2.30. The summed E-state index contributed by atoms with van der Waals surface area (Å²) in [5.41, 5.74) is 2.62. The summed E-state index contributed by atoms with van der Waals surface area (Å²) in [6, 6.07) is 22.7. The minimum Gasteiger partial charge on any atom is -0.351 e. The van der Waals surface area contributed by atoms with Gasteiger partial charge in [-0.25, -0.2) is 13.1 Å². The van der Waals surface area contributed by atoms with Gasteiger partial charge >= 0.3 is 0 Å². The third-order valence-corrected chi connectivity index (χ3v) is 8.51. The van der Waals surface area contributed by atoms with E-state index in [1.165, 1.54) is 0 Å². The topological polar surface area (TPSA) is 95.6 Å². The van der Waals surface area contributed by atoms with E-state index in [0.29, 0.717) is 17.9 Å². The number of hydrogen-bond acceptors (Lipinski definition) is 4. The normalized spacial score (nSPS) is 13.8. The molecule has 0 saturated heterocycles. The van der Waals surface area contributed by atoms with Crippen LogP contribution in [-0.4, -0.2) is 43.8 Å². The molecule has 0 bridgehead atoms. The van der Waals surface area contributed by atoms with Crippen molar-refractivity contribution in [1.82, 2.24) is 14.9 Å². The predicted octanol–water partition coefficient (Wildman–Crippen LogP) is 4.66. The van der Waals surface area contributed by atoms with E-state index in [1.807, 2.05) is 42.5 Å². The number of benzene rings is 3. The largest absolute Gasteiger partial charge is 0.351 e. The number of carbonyl (C=O) groups excluding carboxylic acids is 2. The Kier molecular flexibility index (Phi) is 10.1. The molecule has 1 atom stereocenters. The molecule has 1 aliphatic rings. The maximum Gasteiger partial charge on any atom is 0.243 e. The van der Waals surface area contributed by atoms with Crippen molar-refractivity contribution >= 4 is 33.4 Å². The van der Waals surface area contributed by atoms with Crippen LogP contribution >= 0.6 is 11.6 Å². The molecule has 0 heterocycles. The monoisotopic (exact) mass is 579 g/mol. The SMILES string of the molecule is C=CCNC(=O)[C@@H](Cc1ccccc1)N(Cc1ccc(Cl)cc1)C(=O)CCc1ccc(S(=O)(=O)NC2CC2)cc1. The zero-order valence-corrected chi connectivity index (χ0v) is 23.8. The van der Waals surface area contributed by atoms with Gasteiger partial charge in [-0.2, -0.15) is 0 Å². The third-order valence-electron chi connectivity index (χ3n) is 6.72. The molecular weight excluding hydrogens is 546 g/mol. The number of nitrogens with one attached hydrogen (secondary N) is 2. The quantitative estimate of drug-likeness (QED) is 0.272. The number of hydrogen-bond donors (Lipinski definition) is 2. The second kappa shape index (κ2) is 13.7. The number of carbonyl (C=O) groups is 2. The van der Waals surface area contributed by atoms with Gasteiger partial charge < -0.3 is 10.2 Å². The van der Waals surface area contributed by atoms with Crippen molar-refractivity contribution < 1.29 is 18.0 Å². The van der Waals surface area contributed by atoms with Crippen LogP contribution in [-0.2, 0) is 39.0 Å². The minimum absolute atomic E-state index is 0.0291. The summed E-state index contributed by atoms with van der Waals surface area (Å²) in [5.74, 6) is -0.444. The molecule has 0 radical (unpaired) electrons. The molecule has 3 aromatic carbocycles. The Morgan fingerprint density at radius 2 is 1.60 bits per heavy atom. The van der Waals surface area contributed by atoms with Crippen molar-refractivity contribution in [3.8, 4) is 0 Å². The van der Waals surface area contributed by atoms with E-state index in [9.17, 15) is 18.0 Å². The standard InChI is InChI=1S/C31H34ClN3O4S/c1-2-20-33-31(37)29(21-24-6-4-3-5-7-24)35(22-25-8-13-26(32)14-9-25)30(36)19-12-23-10-17-28(18-11-23)40(38,39)34-27-15-16-27/h2-11,13-14,17-18,27,29,34H,1,12,15-16,19-22H2,(H,33,37)/t29-/m1/s1. The number of rotatable bonds is 14. The molecule has 2 amide bonds. The Hall–Kier alpha value is -3.46. The molecule has 40 heavy (non-hydrogen) atoms. The fraction of sp³-hybridized carbons (Fsp3) is 0.290. The van der Waals surface area contributed by atoms with Gasteiger partial charge in [0.15, 0.2) is 0 Å². The molecule has 1 aliphatic carbocycles. The summed E-state index contributed by atoms with van der Waals surface area (Å²) in [6.07, 6.45) is 4.24. The van der Waals surface area contributed by atoms with Crippen molar-refractivity contribution in [3.05, 3.63) is 113 Å². The van der Waals surface area contributed by atoms with Crippen LogP contribution in [0.1, 0.15) is 36.0 Å². The lowest BCUT2D eigenvalue weighted by atomic mass is 10.0. The van der Waals surface area contributed by atoms with E-state index in [4.69, 9.17) is 11.6 Å². The zero-order chi connectivity index (χ0) is 28.5. The van der Waals surface area contributed by atoms with Crippen LogP contribution in [0.5, 0.6) is 0 Å². The fourth-order valence-electron chi connectivity index (χ4n) is 4.35. The Bertz CT molecular complexity index is 1410. The molecule has 0 unspecified atom stereocenters. The van der Waals surface area contributed by atoms with Crippen molar-refractivity contribution in [2.45, 2.75) is 55.6 Å². The van der Waals surface area contributed by atoms with Crippen molar-refractivity contribution in [3.63, 3.8) is 0 Å². The van der Waals surface area contributed by atoms with Gasteiger partial charge in [-0.3, -0.25) is 9.59 Å². The Balaban J connectivity index is 1.53. The smallest absolute Gasteiger partial charge is 0.243 e. The maximum absolute atomic E-state index is 13.7. The highest BCUT2D eigenvalue weighted by Crippen LogP contribution is 2.23. The molecular formula is C31H34ClN3O4S. The van der Waals surface area contributed by atoms with Crippen molar-refractivity contribution in [2.75, 3.05) is 6.54 Å². The lowest BCUT2D eigenvalue weighted by molar-refractivity contribution is -0.141. The third kappa shape index (κ3) is 8.52. The Morgan fingerprint density at radius 1 is 0.950 bits per heavy atom. The highest BCUT2D eigenvalue weighted by atomic mass is 35.5. The van der Waals surface area contributed by atoms with Crippen LogP contribution in [0.15, 0.2) is 96.4 Å². The lowest BCUT2D eigenvalue weighted by Gasteiger charge is -2.31. The van der Waals surface area contributed by atoms with Crippen molar-refractivity contribution in [2.24, 2.45) is 0 Å². The Labute approximate surface area is 241 Å². The van der Waals surface area contributed by atoms with Crippen LogP contribution < -0.4 is 10.0 Å². The van der Waals surface area contributed by atoms with E-state index in [0.717, 1.165) is 29.5 Å². The summed E-state index contributed by atoms with van der Waals surface area (Å²) in [7, 11) is -3.54. The molecule has 7 nitrogen and oxygen atoms in total. The summed E-state index contributed by atoms with van der Waals surface area (Å²) in [6.45, 7) is 4.21. The first kappa shape index (κ1) is 29.5. The molecule has 0 spiro atoms. The van der Waals surface area contributed by atoms with Gasteiger partial charge in [0.1, 0.15) is 6.04 Å². The number of nitrogens with zero attached hydrogens (tertiary/aromatic N) is 1. The molecule has 210 valence electrons. The van der Waals surface area contributed by atoms with Crippen molar-refractivity contribution in [1.29, 1.82) is 0 Å². The van der Waals surface area contributed by atoms with Gasteiger partial charge in [0, 0.05) is 37.0 Å². The van der Waals surface area contributed by atoms with Crippen LogP contribution in [0.2, 0.25) is 5.02 Å². The zero-order valence-electron chi connectivity index (χ0n) is 22.3. The first-order valence-electron chi connectivity index (χ1n) is 13.3. The van der Waals surface area contributed by atoms with E-state index >= 15 is 0 Å². The van der Waals surface area contributed by atoms with E-state index in [-0.39, 0.29) is 42.3 Å². The van der Waals surface area contributed by atoms with Crippen LogP contribution in [0.3, 0.4) is 0 Å². The van der Waals surface area contributed by atoms with Crippen LogP contribution in [0.25, 0.3) is 0 Å². The van der Waals surface area contributed by atoms with Gasteiger partial charge in [0.2, 0.25) is 21.8 Å². The van der Waals surface area contributed by atoms with E-state index < -0.39 is 16.1 Å². The average molecular weight is 580 g/mol. The Morgan fingerprint density at radius 3 is 2.23 bits per heavy atom. The lowest BCUT2D eigenvalue weighted by Crippen LogP contribution is -2.50. The van der Waals surface area contributed by atoms with Gasteiger partial charge in [0.05, 0.1) is 4.90 Å². The van der Waals surface area contributed by atoms with Crippen LogP contribution in [0, 0.1) is 0 Å². The summed E-state index contributed by atoms with van der Waals surface area (Å²) in [4.78, 5) is 28.9. The molecule has 3 aromatic rings. The highest BCUT2D eigenvalue weighted by molar-refractivity contribution is 7.89. The molecule has 2 N–H and O–H groups in total. The number of amides is 2.